The first kappa shape index (κ1) is 16.8. The minimum absolute atomic E-state index is 0.412. The molecule has 0 aliphatic heterocycles. The first-order valence-electron chi connectivity index (χ1n) is 8.13. The number of nitrogens with one attached hydrogen (secondary N) is 1. The van der Waals surface area contributed by atoms with Gasteiger partial charge in [0.1, 0.15) is 5.75 Å². The summed E-state index contributed by atoms with van der Waals surface area (Å²) in [6, 6.07) is 6.71. The first-order chi connectivity index (χ1) is 10.1. The Bertz CT molecular complexity index is 463. The third kappa shape index (κ3) is 4.01. The molecular formula is C18H28BrNO. The quantitative estimate of drug-likeness (QED) is 0.787. The first-order valence-corrected chi connectivity index (χ1v) is 8.92. The lowest BCUT2D eigenvalue weighted by molar-refractivity contribution is 0.171. The fourth-order valence-electron chi connectivity index (χ4n) is 3.53. The Labute approximate surface area is 137 Å². The van der Waals surface area contributed by atoms with Gasteiger partial charge in [0.15, 0.2) is 0 Å². The van der Waals surface area contributed by atoms with E-state index in [0.717, 1.165) is 24.1 Å². The van der Waals surface area contributed by atoms with Crippen LogP contribution < -0.4 is 10.1 Å². The lowest BCUT2D eigenvalue weighted by Crippen LogP contribution is -2.33. The SMILES string of the molecule is CCNC(c1cc(OC)ccc1Br)C1CCC(C)C(C)C1. The summed E-state index contributed by atoms with van der Waals surface area (Å²) in [5, 5.41) is 3.71. The lowest BCUT2D eigenvalue weighted by atomic mass is 9.72. The van der Waals surface area contributed by atoms with Gasteiger partial charge in [-0.15, -0.1) is 0 Å². The van der Waals surface area contributed by atoms with Crippen LogP contribution in [0.5, 0.6) is 5.75 Å². The van der Waals surface area contributed by atoms with Crippen molar-refractivity contribution in [2.45, 2.75) is 46.1 Å². The maximum absolute atomic E-state index is 5.42. The van der Waals surface area contributed by atoms with Gasteiger partial charge in [0, 0.05) is 10.5 Å². The van der Waals surface area contributed by atoms with Gasteiger partial charge >= 0.3 is 0 Å². The van der Waals surface area contributed by atoms with E-state index in [2.05, 4.69) is 54.2 Å². The van der Waals surface area contributed by atoms with Crippen molar-refractivity contribution in [2.24, 2.45) is 17.8 Å². The number of rotatable bonds is 5. The number of halogens is 1. The summed E-state index contributed by atoms with van der Waals surface area (Å²) >= 11 is 3.73. The minimum atomic E-state index is 0.412. The number of methoxy groups -OCH3 is 1. The molecule has 0 aromatic heterocycles. The fourth-order valence-corrected chi connectivity index (χ4v) is 4.02. The van der Waals surface area contributed by atoms with Crippen LogP contribution in [0, 0.1) is 17.8 Å². The number of ether oxygens (including phenoxy) is 1. The summed E-state index contributed by atoms with van der Waals surface area (Å²) in [5.74, 6) is 3.32. The van der Waals surface area contributed by atoms with Crippen molar-refractivity contribution in [1.29, 1.82) is 0 Å². The summed E-state index contributed by atoms with van der Waals surface area (Å²) in [5.41, 5.74) is 1.34. The third-order valence-corrected chi connectivity index (χ3v) is 5.79. The van der Waals surface area contributed by atoms with Gasteiger partial charge in [-0.2, -0.15) is 0 Å². The molecule has 0 saturated heterocycles. The molecule has 1 fully saturated rings. The average Bonchev–Trinajstić information content (AvgIpc) is 2.49. The Morgan fingerprint density at radius 2 is 2.05 bits per heavy atom. The van der Waals surface area contributed by atoms with Gasteiger partial charge in [0.05, 0.1) is 7.11 Å². The Hall–Kier alpha value is -0.540. The second-order valence-electron chi connectivity index (χ2n) is 6.45. The molecule has 4 unspecified atom stereocenters. The second kappa shape index (κ2) is 7.64. The largest absolute Gasteiger partial charge is 0.497 e. The van der Waals surface area contributed by atoms with Gasteiger partial charge in [-0.25, -0.2) is 0 Å². The highest BCUT2D eigenvalue weighted by Crippen LogP contribution is 2.42. The summed E-state index contributed by atoms with van der Waals surface area (Å²) < 4.78 is 6.60. The maximum Gasteiger partial charge on any atom is 0.119 e. The van der Waals surface area contributed by atoms with Crippen LogP contribution in [0.25, 0.3) is 0 Å². The van der Waals surface area contributed by atoms with Crippen molar-refractivity contribution in [1.82, 2.24) is 5.32 Å². The van der Waals surface area contributed by atoms with Crippen molar-refractivity contribution in [3.05, 3.63) is 28.2 Å². The smallest absolute Gasteiger partial charge is 0.119 e. The van der Waals surface area contributed by atoms with Gasteiger partial charge in [-0.1, -0.05) is 43.1 Å². The number of hydrogen-bond acceptors (Lipinski definition) is 2. The highest BCUT2D eigenvalue weighted by atomic mass is 79.9. The van der Waals surface area contributed by atoms with Crippen molar-refractivity contribution < 1.29 is 4.74 Å². The van der Waals surface area contributed by atoms with Crippen molar-refractivity contribution in [2.75, 3.05) is 13.7 Å². The molecule has 0 spiro atoms. The molecule has 1 aromatic carbocycles. The van der Waals surface area contributed by atoms with Crippen LogP contribution >= 0.6 is 15.9 Å². The summed E-state index contributed by atoms with van der Waals surface area (Å²) in [6.07, 6.45) is 3.96. The molecule has 0 amide bonds. The van der Waals surface area contributed by atoms with Crippen LogP contribution in [0.4, 0.5) is 0 Å². The summed E-state index contributed by atoms with van der Waals surface area (Å²) in [7, 11) is 1.74. The molecule has 118 valence electrons. The van der Waals surface area contributed by atoms with Crippen LogP contribution in [0.3, 0.4) is 0 Å². The van der Waals surface area contributed by atoms with Crippen LogP contribution in [0.1, 0.15) is 51.6 Å². The van der Waals surface area contributed by atoms with Crippen molar-refractivity contribution in [3.8, 4) is 5.75 Å². The van der Waals surface area contributed by atoms with E-state index in [-0.39, 0.29) is 0 Å². The van der Waals surface area contributed by atoms with Gasteiger partial charge in [0.25, 0.3) is 0 Å². The highest BCUT2D eigenvalue weighted by Gasteiger charge is 2.31. The highest BCUT2D eigenvalue weighted by molar-refractivity contribution is 9.10. The van der Waals surface area contributed by atoms with E-state index in [0.29, 0.717) is 12.0 Å². The van der Waals surface area contributed by atoms with Crippen molar-refractivity contribution in [3.63, 3.8) is 0 Å². The monoisotopic (exact) mass is 353 g/mol. The molecule has 0 bridgehead atoms. The molecule has 0 heterocycles. The Kier molecular flexibility index (Phi) is 6.12. The van der Waals surface area contributed by atoms with E-state index in [1.165, 1.54) is 29.3 Å². The van der Waals surface area contributed by atoms with Crippen LogP contribution in [0.2, 0.25) is 0 Å². The van der Waals surface area contributed by atoms with E-state index in [1.807, 2.05) is 6.07 Å². The maximum atomic E-state index is 5.42. The van der Waals surface area contributed by atoms with Gasteiger partial charge < -0.3 is 10.1 Å². The lowest BCUT2D eigenvalue weighted by Gasteiger charge is -2.37. The van der Waals surface area contributed by atoms with Crippen molar-refractivity contribution >= 4 is 15.9 Å². The fraction of sp³-hybridized carbons (Fsp3) is 0.667. The summed E-state index contributed by atoms with van der Waals surface area (Å²) in [4.78, 5) is 0. The predicted molar refractivity (Wildman–Crippen MR) is 92.8 cm³/mol. The molecule has 4 atom stereocenters. The molecule has 1 aromatic rings. The number of hydrogen-bond donors (Lipinski definition) is 1. The van der Waals surface area contributed by atoms with E-state index >= 15 is 0 Å². The molecule has 2 rings (SSSR count). The molecule has 1 aliphatic carbocycles. The zero-order chi connectivity index (χ0) is 15.4. The van der Waals surface area contributed by atoms with E-state index in [9.17, 15) is 0 Å². The molecule has 3 heteroatoms. The molecule has 2 nitrogen and oxygen atoms in total. The van der Waals surface area contributed by atoms with Gasteiger partial charge in [-0.3, -0.25) is 0 Å². The normalized spacial score (nSPS) is 27.4. The molecule has 1 aliphatic rings. The number of benzene rings is 1. The second-order valence-corrected chi connectivity index (χ2v) is 7.30. The Morgan fingerprint density at radius 3 is 2.67 bits per heavy atom. The standard InChI is InChI=1S/C18H28BrNO/c1-5-20-18(14-7-6-12(2)13(3)10-14)16-11-15(21-4)8-9-17(16)19/h8-9,11-14,18,20H,5-7,10H2,1-4H3. The van der Waals surface area contributed by atoms with E-state index in [1.54, 1.807) is 7.11 Å². The van der Waals surface area contributed by atoms with E-state index < -0.39 is 0 Å². The molecule has 0 radical (unpaired) electrons. The minimum Gasteiger partial charge on any atom is -0.497 e. The third-order valence-electron chi connectivity index (χ3n) is 5.07. The van der Waals surface area contributed by atoms with Crippen LogP contribution in [-0.2, 0) is 0 Å². The average molecular weight is 354 g/mol. The molecule has 1 saturated carbocycles. The zero-order valence-corrected chi connectivity index (χ0v) is 15.2. The summed E-state index contributed by atoms with van der Waals surface area (Å²) in [6.45, 7) is 7.98. The van der Waals surface area contributed by atoms with Crippen LogP contribution in [-0.4, -0.2) is 13.7 Å². The molecular weight excluding hydrogens is 326 g/mol. The van der Waals surface area contributed by atoms with Crippen LogP contribution in [0.15, 0.2) is 22.7 Å². The van der Waals surface area contributed by atoms with E-state index in [4.69, 9.17) is 4.74 Å². The van der Waals surface area contributed by atoms with Gasteiger partial charge in [-0.05, 0) is 60.9 Å². The predicted octanol–water partition coefficient (Wildman–Crippen LogP) is 5.18. The Balaban J connectivity index is 2.26. The molecule has 21 heavy (non-hydrogen) atoms. The van der Waals surface area contributed by atoms with Gasteiger partial charge in [0.2, 0.25) is 0 Å². The Morgan fingerprint density at radius 1 is 1.29 bits per heavy atom. The topological polar surface area (TPSA) is 21.3 Å². The zero-order valence-electron chi connectivity index (χ0n) is 13.7. The molecule has 1 N–H and O–H groups in total.